The van der Waals surface area contributed by atoms with Gasteiger partial charge in [0.25, 0.3) is 5.69 Å². The van der Waals surface area contributed by atoms with Crippen LogP contribution in [0.1, 0.15) is 11.1 Å². The lowest BCUT2D eigenvalue weighted by Crippen LogP contribution is -2.02. The molecule has 0 aromatic heterocycles. The number of hydrogen-bond acceptors (Lipinski definition) is 4. The lowest BCUT2D eigenvalue weighted by Gasteiger charge is -2.10. The molecule has 5 nitrogen and oxygen atoms in total. The Morgan fingerprint density at radius 2 is 1.86 bits per heavy atom. The summed E-state index contributed by atoms with van der Waals surface area (Å²) >= 11 is 0. The summed E-state index contributed by atoms with van der Waals surface area (Å²) in [4.78, 5) is 12.6. The fourth-order valence-electron chi connectivity index (χ4n) is 1.94. The van der Waals surface area contributed by atoms with Gasteiger partial charge in [0.15, 0.2) is 0 Å². The van der Waals surface area contributed by atoms with E-state index in [1.54, 1.807) is 24.4 Å². The predicted octanol–water partition coefficient (Wildman–Crippen LogP) is 3.71. The number of nitro groups is 1. The molecule has 0 aliphatic heterocycles. The number of nitro benzene ring substituents is 1. The van der Waals surface area contributed by atoms with Crippen LogP contribution < -0.4 is 4.74 Å². The number of hydrogen-bond donors (Lipinski definition) is 0. The normalized spacial score (nSPS) is 10.6. The van der Waals surface area contributed by atoms with Gasteiger partial charge in [-0.25, -0.2) is 0 Å². The van der Waals surface area contributed by atoms with Crippen molar-refractivity contribution in [1.82, 2.24) is 4.90 Å². The van der Waals surface area contributed by atoms with Crippen LogP contribution >= 0.6 is 0 Å². The van der Waals surface area contributed by atoms with Gasteiger partial charge in [-0.3, -0.25) is 10.1 Å². The first kappa shape index (κ1) is 15.6. The fraction of sp³-hybridized carbons (Fsp3) is 0.176. The monoisotopic (exact) mass is 298 g/mol. The number of ether oxygens (including phenoxy) is 1. The molecule has 0 radical (unpaired) electrons. The van der Waals surface area contributed by atoms with Gasteiger partial charge >= 0.3 is 0 Å². The molecule has 0 bridgehead atoms. The van der Waals surface area contributed by atoms with Crippen LogP contribution in [-0.2, 0) is 6.61 Å². The van der Waals surface area contributed by atoms with Crippen LogP contribution in [0.2, 0.25) is 0 Å². The van der Waals surface area contributed by atoms with Gasteiger partial charge in [-0.2, -0.15) is 0 Å². The highest BCUT2D eigenvalue weighted by Gasteiger charge is 2.16. The molecule has 0 saturated carbocycles. The summed E-state index contributed by atoms with van der Waals surface area (Å²) in [6.07, 6.45) is 3.45. The van der Waals surface area contributed by atoms with E-state index in [4.69, 9.17) is 4.74 Å². The largest absolute Gasteiger partial charge is 0.488 e. The first-order chi connectivity index (χ1) is 10.6. The van der Waals surface area contributed by atoms with Crippen molar-refractivity contribution in [1.29, 1.82) is 0 Å². The van der Waals surface area contributed by atoms with Gasteiger partial charge in [-0.1, -0.05) is 36.4 Å². The minimum Gasteiger partial charge on any atom is -0.488 e. The Morgan fingerprint density at radius 1 is 1.14 bits per heavy atom. The lowest BCUT2D eigenvalue weighted by molar-refractivity contribution is -0.385. The summed E-state index contributed by atoms with van der Waals surface area (Å²) in [5.74, 6) is 0.496. The van der Waals surface area contributed by atoms with Crippen molar-refractivity contribution < 1.29 is 9.66 Å². The quantitative estimate of drug-likeness (QED) is 0.602. The van der Waals surface area contributed by atoms with Gasteiger partial charge in [-0.15, -0.1) is 0 Å². The maximum atomic E-state index is 11.2. The zero-order valence-corrected chi connectivity index (χ0v) is 12.6. The molecule has 0 heterocycles. The van der Waals surface area contributed by atoms with E-state index in [1.807, 2.05) is 49.3 Å². The zero-order valence-electron chi connectivity index (χ0n) is 12.6. The Balaban J connectivity index is 2.29. The summed E-state index contributed by atoms with van der Waals surface area (Å²) in [6.45, 7) is 0.366. The van der Waals surface area contributed by atoms with Crippen molar-refractivity contribution in [2.24, 2.45) is 0 Å². The van der Waals surface area contributed by atoms with Crippen LogP contribution in [0.15, 0.2) is 54.7 Å². The van der Waals surface area contributed by atoms with Gasteiger partial charge in [-0.05, 0) is 23.9 Å². The second kappa shape index (κ2) is 7.26. The maximum Gasteiger partial charge on any atom is 0.280 e. The van der Waals surface area contributed by atoms with Gasteiger partial charge in [0, 0.05) is 20.2 Å². The molecular weight excluding hydrogens is 280 g/mol. The molecule has 2 rings (SSSR count). The minimum atomic E-state index is -0.398. The summed E-state index contributed by atoms with van der Waals surface area (Å²) in [6, 6.07) is 14.5. The first-order valence-corrected chi connectivity index (χ1v) is 6.86. The molecule has 5 heteroatoms. The molecule has 0 aliphatic carbocycles. The smallest absolute Gasteiger partial charge is 0.280 e. The van der Waals surface area contributed by atoms with E-state index in [2.05, 4.69) is 0 Å². The molecule has 114 valence electrons. The zero-order chi connectivity index (χ0) is 15.9. The van der Waals surface area contributed by atoms with Crippen molar-refractivity contribution in [2.75, 3.05) is 14.1 Å². The number of nitrogens with zero attached hydrogens (tertiary/aromatic N) is 2. The van der Waals surface area contributed by atoms with Crippen LogP contribution in [0.4, 0.5) is 5.69 Å². The first-order valence-electron chi connectivity index (χ1n) is 6.86. The van der Waals surface area contributed by atoms with Crippen molar-refractivity contribution in [3.63, 3.8) is 0 Å². The molecule has 0 atom stereocenters. The standard InChI is InChI=1S/C17H18N2O3/c1-18(2)12-11-15-16(19(20)21)9-6-10-17(15)22-13-14-7-4-3-5-8-14/h3-12H,13H2,1-2H3/b12-11-. The summed E-state index contributed by atoms with van der Waals surface area (Å²) in [5, 5.41) is 11.2. The van der Waals surface area contributed by atoms with Crippen molar-refractivity contribution in [2.45, 2.75) is 6.61 Å². The molecule has 0 spiro atoms. The van der Waals surface area contributed by atoms with Crippen molar-refractivity contribution in [3.05, 3.63) is 76.0 Å². The second-order valence-corrected chi connectivity index (χ2v) is 5.00. The predicted molar refractivity (Wildman–Crippen MR) is 86.6 cm³/mol. The second-order valence-electron chi connectivity index (χ2n) is 5.00. The van der Waals surface area contributed by atoms with E-state index >= 15 is 0 Å². The molecule has 0 aliphatic rings. The Bertz CT molecular complexity index is 667. The Labute approximate surface area is 129 Å². The highest BCUT2D eigenvalue weighted by Crippen LogP contribution is 2.30. The lowest BCUT2D eigenvalue weighted by atomic mass is 10.1. The molecule has 2 aromatic carbocycles. The summed E-state index contributed by atoms with van der Waals surface area (Å²) in [7, 11) is 3.71. The maximum absolute atomic E-state index is 11.2. The number of rotatable bonds is 6. The molecule has 0 fully saturated rings. The molecule has 0 amide bonds. The van der Waals surface area contributed by atoms with Gasteiger partial charge < -0.3 is 9.64 Å². The third-order valence-corrected chi connectivity index (χ3v) is 3.02. The van der Waals surface area contributed by atoms with Crippen molar-refractivity contribution >= 4 is 11.8 Å². The average Bonchev–Trinajstić information content (AvgIpc) is 2.51. The highest BCUT2D eigenvalue weighted by molar-refractivity contribution is 5.67. The minimum absolute atomic E-state index is 0.0312. The highest BCUT2D eigenvalue weighted by atomic mass is 16.6. The van der Waals surface area contributed by atoms with Gasteiger partial charge in [0.2, 0.25) is 0 Å². The Kier molecular flexibility index (Phi) is 5.14. The van der Waals surface area contributed by atoms with Gasteiger partial charge in [0.05, 0.1) is 10.5 Å². The molecule has 0 unspecified atom stereocenters. The molecule has 22 heavy (non-hydrogen) atoms. The van der Waals surface area contributed by atoms with Crippen LogP contribution in [0.5, 0.6) is 5.75 Å². The average molecular weight is 298 g/mol. The van der Waals surface area contributed by atoms with E-state index in [1.165, 1.54) is 6.07 Å². The Morgan fingerprint density at radius 3 is 2.50 bits per heavy atom. The van der Waals surface area contributed by atoms with Crippen LogP contribution in [-0.4, -0.2) is 23.9 Å². The number of benzene rings is 2. The van der Waals surface area contributed by atoms with E-state index in [-0.39, 0.29) is 5.69 Å². The van der Waals surface area contributed by atoms with E-state index in [0.29, 0.717) is 17.9 Å². The fourth-order valence-corrected chi connectivity index (χ4v) is 1.94. The van der Waals surface area contributed by atoms with E-state index < -0.39 is 4.92 Å². The van der Waals surface area contributed by atoms with Crippen LogP contribution in [0, 0.1) is 10.1 Å². The molecular formula is C17H18N2O3. The van der Waals surface area contributed by atoms with Gasteiger partial charge in [0.1, 0.15) is 12.4 Å². The third kappa shape index (κ3) is 4.09. The summed E-state index contributed by atoms with van der Waals surface area (Å²) in [5.41, 5.74) is 1.51. The van der Waals surface area contributed by atoms with E-state index in [0.717, 1.165) is 5.56 Å². The topological polar surface area (TPSA) is 55.6 Å². The summed E-state index contributed by atoms with van der Waals surface area (Å²) < 4.78 is 5.77. The van der Waals surface area contributed by atoms with Crippen LogP contribution in [0.3, 0.4) is 0 Å². The molecule has 2 aromatic rings. The molecule has 0 saturated heterocycles. The van der Waals surface area contributed by atoms with E-state index in [9.17, 15) is 10.1 Å². The Hall–Kier alpha value is -2.82. The SMILES string of the molecule is CN(C)/C=C\c1c(OCc2ccccc2)cccc1[N+](=O)[O-]. The van der Waals surface area contributed by atoms with Crippen molar-refractivity contribution in [3.8, 4) is 5.75 Å². The molecule has 0 N–H and O–H groups in total. The third-order valence-electron chi connectivity index (χ3n) is 3.02. The van der Waals surface area contributed by atoms with Crippen LogP contribution in [0.25, 0.3) is 6.08 Å².